The van der Waals surface area contributed by atoms with Gasteiger partial charge in [-0.1, -0.05) is 289 Å². The monoisotopic (exact) mass is 1300 g/mol. The third kappa shape index (κ3) is 8.60. The predicted molar refractivity (Wildman–Crippen MR) is 428 cm³/mol. The van der Waals surface area contributed by atoms with Gasteiger partial charge in [-0.05, 0) is 223 Å². The summed E-state index contributed by atoms with van der Waals surface area (Å²) < 4.78 is 4.97. The highest BCUT2D eigenvalue weighted by molar-refractivity contribution is 6.19. The first kappa shape index (κ1) is 58.6. The van der Waals surface area contributed by atoms with Gasteiger partial charge in [0.15, 0.2) is 0 Å². The van der Waals surface area contributed by atoms with Crippen molar-refractivity contribution in [2.45, 2.75) is 50.4 Å². The van der Waals surface area contributed by atoms with Crippen molar-refractivity contribution in [3.8, 4) is 78.1 Å². The van der Waals surface area contributed by atoms with Gasteiger partial charge in [-0.3, -0.25) is 0 Å². The quantitative estimate of drug-likeness (QED) is 0.157. The van der Waals surface area contributed by atoms with Crippen molar-refractivity contribution in [1.29, 1.82) is 0 Å². The van der Waals surface area contributed by atoms with Gasteiger partial charge in [0, 0.05) is 55.6 Å². The van der Waals surface area contributed by atoms with Gasteiger partial charge in [0.2, 0.25) is 0 Å². The Balaban J connectivity index is 0.000000133. The molecule has 0 radical (unpaired) electrons. The first-order valence-electron chi connectivity index (χ1n) is 36.1. The molecule has 0 saturated carbocycles. The molecule has 2 aromatic heterocycles. The van der Waals surface area contributed by atoms with E-state index in [-0.39, 0.29) is 22.7 Å². The van der Waals surface area contributed by atoms with Gasteiger partial charge < -0.3 is 9.13 Å². The van der Waals surface area contributed by atoms with Gasteiger partial charge in [0.25, 0.3) is 0 Å². The molecule has 2 atom stereocenters. The number of nitrogens with zero attached hydrogens (tertiary/aromatic N) is 2. The van der Waals surface area contributed by atoms with Crippen LogP contribution < -0.4 is 0 Å². The molecule has 102 heavy (non-hydrogen) atoms. The van der Waals surface area contributed by atoms with Crippen LogP contribution in [-0.2, 0) is 10.8 Å². The molecule has 0 aliphatic heterocycles. The Morgan fingerprint density at radius 3 is 1.23 bits per heavy atom. The lowest BCUT2D eigenvalue weighted by Gasteiger charge is -2.21. The van der Waals surface area contributed by atoms with Crippen LogP contribution in [0, 0.1) is 0 Å². The maximum absolute atomic E-state index is 2.50. The Labute approximate surface area is 594 Å². The van der Waals surface area contributed by atoms with Crippen molar-refractivity contribution < 1.29 is 0 Å². The zero-order chi connectivity index (χ0) is 67.7. The number of fused-ring (bicyclic) bond motifs is 21. The second-order valence-corrected chi connectivity index (χ2v) is 29.8. The lowest BCUT2D eigenvalue weighted by Crippen LogP contribution is -2.14. The molecule has 4 aliphatic carbocycles. The molecule has 0 fully saturated rings. The first-order valence-corrected chi connectivity index (χ1v) is 36.1. The molecule has 18 aromatic rings. The Bertz CT molecular complexity index is 6480. The smallest absolute Gasteiger partial charge is 0.0547 e. The lowest BCUT2D eigenvalue weighted by atomic mass is 9.82. The Kier molecular flexibility index (Phi) is 12.7. The van der Waals surface area contributed by atoms with Gasteiger partial charge in [0.05, 0.1) is 22.1 Å². The molecule has 480 valence electrons. The van der Waals surface area contributed by atoms with Crippen LogP contribution in [0.5, 0.6) is 0 Å². The van der Waals surface area contributed by atoms with Crippen LogP contribution in [0.25, 0.3) is 143 Å². The topological polar surface area (TPSA) is 9.86 Å². The molecule has 0 N–H and O–H groups in total. The normalized spacial score (nSPS) is 15.2. The van der Waals surface area contributed by atoms with Crippen LogP contribution in [0.2, 0.25) is 0 Å². The lowest BCUT2D eigenvalue weighted by molar-refractivity contribution is 0.661. The van der Waals surface area contributed by atoms with E-state index in [1.165, 1.54) is 199 Å². The summed E-state index contributed by atoms with van der Waals surface area (Å²) in [6.07, 6.45) is 0. The number of hydrogen-bond acceptors (Lipinski definition) is 0. The van der Waals surface area contributed by atoms with Crippen LogP contribution in [-0.4, -0.2) is 9.13 Å². The minimum absolute atomic E-state index is 0.0717. The summed E-state index contributed by atoms with van der Waals surface area (Å²) in [6.45, 7) is 9.51. The molecule has 22 rings (SSSR count). The third-order valence-electron chi connectivity index (χ3n) is 23.7. The van der Waals surface area contributed by atoms with E-state index in [1.54, 1.807) is 0 Å². The molecule has 2 nitrogen and oxygen atoms in total. The number of benzene rings is 16. The van der Waals surface area contributed by atoms with Gasteiger partial charge in [-0.25, -0.2) is 0 Å². The summed E-state index contributed by atoms with van der Waals surface area (Å²) in [5.41, 5.74) is 36.8. The van der Waals surface area contributed by atoms with E-state index in [9.17, 15) is 0 Å². The zero-order valence-corrected chi connectivity index (χ0v) is 57.4. The van der Waals surface area contributed by atoms with Crippen molar-refractivity contribution in [3.63, 3.8) is 0 Å². The SMILES string of the molecule is CC1(C)c2ccccc2-c2c1ccc1c2c2cc(-c3ccc4c(c3)-c3ccccc3C4c3ccccc3)ccc2n1-c1ccc2ccccc2c1.CC1(C)c2ccccc2-c2cc3c(cc21)c1cc(-c2ccc4c(c2)-c2ccccc2C4c2ccccc2)ccc1n3-c1ccc2ccccc2c1. The minimum atomic E-state index is -0.0717. The van der Waals surface area contributed by atoms with E-state index >= 15 is 0 Å². The molecule has 0 amide bonds. The Morgan fingerprint density at radius 1 is 0.235 bits per heavy atom. The zero-order valence-electron chi connectivity index (χ0n) is 57.4. The average molecular weight is 1300 g/mol. The summed E-state index contributed by atoms with van der Waals surface area (Å²) in [5, 5.41) is 10.2. The molecular weight excluding hydrogens is 1230 g/mol. The van der Waals surface area contributed by atoms with Gasteiger partial charge in [-0.15, -0.1) is 0 Å². The van der Waals surface area contributed by atoms with Crippen molar-refractivity contribution in [3.05, 3.63) is 395 Å². The van der Waals surface area contributed by atoms with Crippen LogP contribution >= 0.6 is 0 Å². The molecule has 16 aromatic carbocycles. The highest BCUT2D eigenvalue weighted by Crippen LogP contribution is 2.56. The molecule has 0 bridgehead atoms. The maximum atomic E-state index is 2.50. The van der Waals surface area contributed by atoms with Crippen molar-refractivity contribution in [2.75, 3.05) is 0 Å². The highest BCUT2D eigenvalue weighted by atomic mass is 15.0. The van der Waals surface area contributed by atoms with Crippen LogP contribution in [0.3, 0.4) is 0 Å². The summed E-state index contributed by atoms with van der Waals surface area (Å²) in [5.74, 6) is 0.503. The summed E-state index contributed by atoms with van der Waals surface area (Å²) in [4.78, 5) is 0. The largest absolute Gasteiger partial charge is 0.309 e. The van der Waals surface area contributed by atoms with Crippen molar-refractivity contribution in [2.24, 2.45) is 0 Å². The number of aromatic nitrogens is 2. The fourth-order valence-corrected chi connectivity index (χ4v) is 18.8. The van der Waals surface area contributed by atoms with E-state index in [1.807, 2.05) is 0 Å². The molecule has 4 aliphatic rings. The van der Waals surface area contributed by atoms with E-state index < -0.39 is 0 Å². The number of rotatable bonds is 6. The van der Waals surface area contributed by atoms with Gasteiger partial charge in [-0.2, -0.15) is 0 Å². The fourth-order valence-electron chi connectivity index (χ4n) is 18.8. The molecule has 2 unspecified atom stereocenters. The highest BCUT2D eigenvalue weighted by Gasteiger charge is 2.39. The molecular formula is C100H70N2. The summed E-state index contributed by atoms with van der Waals surface area (Å²) in [7, 11) is 0. The third-order valence-corrected chi connectivity index (χ3v) is 23.7. The maximum Gasteiger partial charge on any atom is 0.0547 e. The van der Waals surface area contributed by atoms with Gasteiger partial charge in [0.1, 0.15) is 0 Å². The summed E-state index contributed by atoms with van der Waals surface area (Å²) >= 11 is 0. The van der Waals surface area contributed by atoms with Gasteiger partial charge >= 0.3 is 0 Å². The van der Waals surface area contributed by atoms with Crippen LogP contribution in [0.1, 0.15) is 95.2 Å². The van der Waals surface area contributed by atoms with Crippen LogP contribution in [0.15, 0.2) is 340 Å². The van der Waals surface area contributed by atoms with Crippen molar-refractivity contribution >= 4 is 65.2 Å². The minimum Gasteiger partial charge on any atom is -0.309 e. The van der Waals surface area contributed by atoms with Crippen molar-refractivity contribution in [1.82, 2.24) is 9.13 Å². The van der Waals surface area contributed by atoms with E-state index in [2.05, 4.69) is 377 Å². The second kappa shape index (κ2) is 22.1. The molecule has 0 spiro atoms. The predicted octanol–water partition coefficient (Wildman–Crippen LogP) is 26.1. The molecule has 2 heterocycles. The Hall–Kier alpha value is -12.4. The fraction of sp³-hybridized carbons (Fsp3) is 0.0800. The average Bonchev–Trinajstić information content (AvgIpc) is 1.54. The van der Waals surface area contributed by atoms with Crippen LogP contribution in [0.4, 0.5) is 0 Å². The second-order valence-electron chi connectivity index (χ2n) is 29.8. The Morgan fingerprint density at radius 2 is 0.647 bits per heavy atom. The number of hydrogen-bond donors (Lipinski definition) is 0. The molecule has 2 heteroatoms. The van der Waals surface area contributed by atoms with E-state index in [0.29, 0.717) is 0 Å². The van der Waals surface area contributed by atoms with E-state index in [0.717, 1.165) is 0 Å². The summed E-state index contributed by atoms with van der Waals surface area (Å²) in [6, 6.07) is 127. The van der Waals surface area contributed by atoms with E-state index in [4.69, 9.17) is 0 Å². The first-order chi connectivity index (χ1) is 50.1. The standard InChI is InChI=1S/2C50H35N/c1-50(2)45-19-11-10-17-38(45)42-30-48-44(29-46(42)50)43-28-35(22-25-47(43)51(48)36-23-20-31-12-6-7-15-33(31)26-36)34-21-24-40-41(27-34)37-16-8-9-18-39(37)49(40)32-13-4-3-5-14-32;1-50(2)43-19-11-10-18-40(43)48-44(50)25-27-46-49(48)42-30-35(22-26-45(42)51(46)36-23-20-31-12-6-7-15-33(31)28-36)34-21-24-39-41(29-34)37-16-8-9-17-38(37)47(39)32-13-4-3-5-14-32/h3-30,49H,1-2H3;3-30,47H,1-2H3. The molecule has 0 saturated heterocycles.